The second kappa shape index (κ2) is 11.7. The lowest BCUT2D eigenvalue weighted by atomic mass is 9.79. The number of H-pyrrole nitrogens is 1. The van der Waals surface area contributed by atoms with Crippen LogP contribution in [0.5, 0.6) is 0 Å². The van der Waals surface area contributed by atoms with Crippen molar-refractivity contribution in [1.29, 1.82) is 0 Å². The fourth-order valence-corrected chi connectivity index (χ4v) is 4.15. The number of hydroxylamine groups is 2. The number of hydrogen-bond donors (Lipinski definition) is 1. The van der Waals surface area contributed by atoms with Gasteiger partial charge in [-0.2, -0.15) is 0 Å². The number of fused-ring (bicyclic) bond motifs is 1. The van der Waals surface area contributed by atoms with E-state index in [0.29, 0.717) is 17.2 Å². The molecule has 4 rings (SSSR count). The van der Waals surface area contributed by atoms with Gasteiger partial charge in [0.2, 0.25) is 0 Å². The second-order valence-corrected chi connectivity index (χ2v) is 8.30. The molecular formula is C25H32N4O4. The van der Waals surface area contributed by atoms with Gasteiger partial charge in [-0.25, -0.2) is 15.0 Å². The predicted octanol–water partition coefficient (Wildman–Crippen LogP) is 4.22. The van der Waals surface area contributed by atoms with Crippen molar-refractivity contribution in [3.8, 4) is 0 Å². The highest BCUT2D eigenvalue weighted by Gasteiger charge is 2.28. The molecule has 3 aromatic rings. The Morgan fingerprint density at radius 3 is 2.48 bits per heavy atom. The number of ketones is 1. The maximum atomic E-state index is 12.6. The summed E-state index contributed by atoms with van der Waals surface area (Å²) >= 11 is 0. The zero-order chi connectivity index (χ0) is 23.8. The number of aromatic amines is 1. The lowest BCUT2D eigenvalue weighted by Crippen LogP contribution is -2.25. The van der Waals surface area contributed by atoms with Crippen molar-refractivity contribution in [3.05, 3.63) is 59.7 Å². The van der Waals surface area contributed by atoms with Crippen molar-refractivity contribution >= 4 is 22.7 Å². The van der Waals surface area contributed by atoms with Crippen LogP contribution >= 0.6 is 0 Å². The van der Waals surface area contributed by atoms with Gasteiger partial charge in [0.25, 0.3) is 5.91 Å². The third-order valence-electron chi connectivity index (χ3n) is 6.14. The molecule has 0 aliphatic heterocycles. The van der Waals surface area contributed by atoms with Crippen LogP contribution in [0.15, 0.2) is 42.9 Å². The van der Waals surface area contributed by atoms with E-state index in [-0.39, 0.29) is 17.6 Å². The Kier molecular flexibility index (Phi) is 8.68. The van der Waals surface area contributed by atoms with E-state index in [0.717, 1.165) is 48.9 Å². The van der Waals surface area contributed by atoms with E-state index in [1.165, 1.54) is 18.5 Å². The number of carbonyl (C=O) groups excluding carboxylic acids is 2. The van der Waals surface area contributed by atoms with Gasteiger partial charge < -0.3 is 9.72 Å². The molecular weight excluding hydrogens is 420 g/mol. The van der Waals surface area contributed by atoms with Crippen molar-refractivity contribution in [2.75, 3.05) is 27.9 Å². The van der Waals surface area contributed by atoms with Gasteiger partial charge in [-0.1, -0.05) is 18.2 Å². The Bertz CT molecular complexity index is 1070. The molecule has 1 fully saturated rings. The van der Waals surface area contributed by atoms with Crippen molar-refractivity contribution in [2.24, 2.45) is 11.8 Å². The van der Waals surface area contributed by atoms with E-state index in [9.17, 15) is 9.59 Å². The van der Waals surface area contributed by atoms with Crippen molar-refractivity contribution in [3.63, 3.8) is 0 Å². The molecule has 1 aliphatic rings. The number of benzene rings is 1. The van der Waals surface area contributed by atoms with Gasteiger partial charge in [-0.3, -0.25) is 14.4 Å². The quantitative estimate of drug-likeness (QED) is 0.444. The number of ether oxygens (including phenoxy) is 1. The molecule has 0 radical (unpaired) electrons. The molecule has 8 heteroatoms. The van der Waals surface area contributed by atoms with Crippen LogP contribution in [0.25, 0.3) is 11.0 Å². The van der Waals surface area contributed by atoms with Crippen LogP contribution in [0.1, 0.15) is 52.1 Å². The van der Waals surface area contributed by atoms with E-state index in [1.807, 2.05) is 31.2 Å². The number of hydrogen-bond acceptors (Lipinski definition) is 6. The molecule has 33 heavy (non-hydrogen) atoms. The molecule has 2 aromatic heterocycles. The van der Waals surface area contributed by atoms with Gasteiger partial charge in [0, 0.05) is 43.8 Å². The Balaban J connectivity index is 0.000000205. The van der Waals surface area contributed by atoms with Crippen LogP contribution < -0.4 is 0 Å². The number of methoxy groups -OCH3 is 1. The summed E-state index contributed by atoms with van der Waals surface area (Å²) in [5.41, 5.74) is 2.92. The first-order valence-corrected chi connectivity index (χ1v) is 11.1. The standard InChI is InChI=1S/C15H19N3O2.C10H13NO2/c1-20-8-10-2-4-11(5-3-10)14(19)13-12-6-7-16-15(12)18-9-17-13;1-8-6-4-5-7-9(8)10(12)11(2)13-3/h6-7,9-11H,2-5,8H2,1H3,(H,16,17,18);4-7H,1-3H3. The van der Waals surface area contributed by atoms with E-state index >= 15 is 0 Å². The van der Waals surface area contributed by atoms with Crippen molar-refractivity contribution in [2.45, 2.75) is 32.6 Å². The minimum atomic E-state index is -0.124. The summed E-state index contributed by atoms with van der Waals surface area (Å²) < 4.78 is 5.20. The Hall–Kier alpha value is -3.10. The molecule has 0 spiro atoms. The topological polar surface area (TPSA) is 97.4 Å². The normalized spacial score (nSPS) is 17.8. The van der Waals surface area contributed by atoms with E-state index in [4.69, 9.17) is 9.57 Å². The summed E-state index contributed by atoms with van der Waals surface area (Å²) in [7, 11) is 4.80. The van der Waals surface area contributed by atoms with E-state index < -0.39 is 0 Å². The lowest BCUT2D eigenvalue weighted by Gasteiger charge is -2.26. The third-order valence-corrected chi connectivity index (χ3v) is 6.14. The minimum Gasteiger partial charge on any atom is -0.384 e. The van der Waals surface area contributed by atoms with Crippen LogP contribution in [0, 0.1) is 18.8 Å². The molecule has 1 aliphatic carbocycles. The summed E-state index contributed by atoms with van der Waals surface area (Å²) in [5.74, 6) is 0.728. The molecule has 1 N–H and O–H groups in total. The van der Waals surface area contributed by atoms with Crippen LogP contribution in [0.4, 0.5) is 0 Å². The zero-order valence-electron chi connectivity index (χ0n) is 19.7. The molecule has 0 unspecified atom stereocenters. The summed E-state index contributed by atoms with van der Waals surface area (Å²) in [5, 5.41) is 2.04. The van der Waals surface area contributed by atoms with Crippen LogP contribution in [0.3, 0.4) is 0 Å². The molecule has 176 valence electrons. The fraction of sp³-hybridized carbons (Fsp3) is 0.440. The highest BCUT2D eigenvalue weighted by Crippen LogP contribution is 2.31. The van der Waals surface area contributed by atoms with Gasteiger partial charge in [0.15, 0.2) is 5.78 Å². The number of rotatable bonds is 6. The van der Waals surface area contributed by atoms with Gasteiger partial charge in [-0.15, -0.1) is 0 Å². The van der Waals surface area contributed by atoms with Gasteiger partial charge in [-0.05, 0) is 56.2 Å². The third kappa shape index (κ3) is 6.03. The van der Waals surface area contributed by atoms with Crippen LogP contribution in [-0.4, -0.2) is 59.6 Å². The van der Waals surface area contributed by atoms with Crippen molar-refractivity contribution < 1.29 is 19.2 Å². The maximum Gasteiger partial charge on any atom is 0.277 e. The summed E-state index contributed by atoms with van der Waals surface area (Å²) in [6.07, 6.45) is 7.25. The molecule has 1 aromatic carbocycles. The molecule has 2 heterocycles. The molecule has 8 nitrogen and oxygen atoms in total. The second-order valence-electron chi connectivity index (χ2n) is 8.30. The molecule has 0 atom stereocenters. The first-order chi connectivity index (χ1) is 16.0. The zero-order valence-corrected chi connectivity index (χ0v) is 19.7. The van der Waals surface area contributed by atoms with Gasteiger partial charge in [0.1, 0.15) is 17.7 Å². The highest BCUT2D eigenvalue weighted by molar-refractivity contribution is 6.06. The van der Waals surface area contributed by atoms with Crippen LogP contribution in [-0.2, 0) is 9.57 Å². The molecule has 1 saturated carbocycles. The van der Waals surface area contributed by atoms with Gasteiger partial charge in [0.05, 0.1) is 7.11 Å². The van der Waals surface area contributed by atoms with E-state index in [2.05, 4.69) is 15.0 Å². The summed E-state index contributed by atoms with van der Waals surface area (Å²) in [6.45, 7) is 2.70. The number of nitrogens with one attached hydrogen (secondary N) is 1. The van der Waals surface area contributed by atoms with Crippen LogP contribution in [0.2, 0.25) is 0 Å². The SMILES string of the molecule is COCC1CCC(C(=O)c2ncnc3[nH]ccc23)CC1.CON(C)C(=O)c1ccccc1C. The Morgan fingerprint density at radius 1 is 1.09 bits per heavy atom. The Morgan fingerprint density at radius 2 is 1.82 bits per heavy atom. The first-order valence-electron chi connectivity index (χ1n) is 11.1. The Labute approximate surface area is 194 Å². The number of amides is 1. The number of aryl methyl sites for hydroxylation is 1. The first kappa shape index (κ1) is 24.5. The molecule has 0 saturated heterocycles. The smallest absolute Gasteiger partial charge is 0.277 e. The predicted molar refractivity (Wildman–Crippen MR) is 126 cm³/mol. The summed E-state index contributed by atoms with van der Waals surface area (Å²) in [6, 6.07) is 9.30. The average molecular weight is 453 g/mol. The average Bonchev–Trinajstić information content (AvgIpc) is 3.33. The lowest BCUT2D eigenvalue weighted by molar-refractivity contribution is -0.0757. The van der Waals surface area contributed by atoms with E-state index in [1.54, 1.807) is 26.4 Å². The number of carbonyl (C=O) groups is 2. The fourth-order valence-electron chi connectivity index (χ4n) is 4.15. The molecule has 1 amide bonds. The summed E-state index contributed by atoms with van der Waals surface area (Å²) in [4.78, 5) is 40.4. The largest absolute Gasteiger partial charge is 0.384 e. The monoisotopic (exact) mass is 452 g/mol. The van der Waals surface area contributed by atoms with Gasteiger partial charge >= 0.3 is 0 Å². The number of aromatic nitrogens is 3. The maximum absolute atomic E-state index is 12.6. The number of nitrogens with zero attached hydrogens (tertiary/aromatic N) is 3. The van der Waals surface area contributed by atoms with Crippen molar-refractivity contribution in [1.82, 2.24) is 20.0 Å². The number of Topliss-reactive ketones (excluding diaryl/α,β-unsaturated/α-hetero) is 1. The minimum absolute atomic E-state index is 0.0936. The molecule has 0 bridgehead atoms. The highest BCUT2D eigenvalue weighted by atomic mass is 16.7.